The molecule has 0 N–H and O–H groups in total. The van der Waals surface area contributed by atoms with E-state index in [0.717, 1.165) is 37.6 Å². The standard InChI is InChI=1S/C14H22BrNO/c15-10-4-3-9-14(17)16-11-5-7-12-6-1-2-8-13(12)16/h8,12H,1-7,9-11H2. The van der Waals surface area contributed by atoms with E-state index in [4.69, 9.17) is 0 Å². The van der Waals surface area contributed by atoms with Crippen LogP contribution in [-0.4, -0.2) is 22.7 Å². The number of allylic oxidation sites excluding steroid dienone is 2. The molecule has 1 amide bonds. The number of unbranched alkanes of at least 4 members (excludes halogenated alkanes) is 1. The van der Waals surface area contributed by atoms with Crippen molar-refractivity contribution < 1.29 is 4.79 Å². The summed E-state index contributed by atoms with van der Waals surface area (Å²) in [5, 5.41) is 1.01. The van der Waals surface area contributed by atoms with E-state index in [2.05, 4.69) is 26.9 Å². The predicted octanol–water partition coefficient (Wildman–Crippen LogP) is 3.86. The molecule has 0 radical (unpaired) electrons. The molecule has 1 unspecified atom stereocenters. The summed E-state index contributed by atoms with van der Waals surface area (Å²) in [4.78, 5) is 14.3. The molecule has 0 aromatic rings. The average molecular weight is 300 g/mol. The summed E-state index contributed by atoms with van der Waals surface area (Å²) in [6, 6.07) is 0. The van der Waals surface area contributed by atoms with Gasteiger partial charge in [-0.1, -0.05) is 22.0 Å². The highest BCUT2D eigenvalue weighted by Crippen LogP contribution is 2.35. The van der Waals surface area contributed by atoms with Crippen LogP contribution in [0, 0.1) is 5.92 Å². The molecule has 1 aliphatic heterocycles. The first-order chi connectivity index (χ1) is 8.33. The van der Waals surface area contributed by atoms with E-state index in [-0.39, 0.29) is 0 Å². The quantitative estimate of drug-likeness (QED) is 0.570. The van der Waals surface area contributed by atoms with Gasteiger partial charge in [0.2, 0.25) is 5.91 Å². The zero-order valence-corrected chi connectivity index (χ0v) is 12.0. The number of halogens is 1. The first kappa shape index (κ1) is 13.1. The third-order valence-corrected chi connectivity index (χ3v) is 4.41. The Kier molecular flexibility index (Phi) is 5.08. The summed E-state index contributed by atoms with van der Waals surface area (Å²) in [6.07, 6.45) is 11.4. The minimum atomic E-state index is 0.351. The Morgan fingerprint density at radius 2 is 2.18 bits per heavy atom. The number of piperidine rings is 1. The summed E-state index contributed by atoms with van der Waals surface area (Å²) >= 11 is 3.41. The largest absolute Gasteiger partial charge is 0.316 e. The van der Waals surface area contributed by atoms with Crippen molar-refractivity contribution in [2.45, 2.75) is 51.4 Å². The average Bonchev–Trinajstić information content (AvgIpc) is 2.38. The van der Waals surface area contributed by atoms with Gasteiger partial charge in [0.25, 0.3) is 0 Å². The van der Waals surface area contributed by atoms with Crippen molar-refractivity contribution >= 4 is 21.8 Å². The zero-order valence-electron chi connectivity index (χ0n) is 10.5. The van der Waals surface area contributed by atoms with Crippen molar-refractivity contribution in [3.05, 3.63) is 11.8 Å². The summed E-state index contributed by atoms with van der Waals surface area (Å²) in [7, 11) is 0. The van der Waals surface area contributed by atoms with Gasteiger partial charge in [0.15, 0.2) is 0 Å². The maximum Gasteiger partial charge on any atom is 0.226 e. The van der Waals surface area contributed by atoms with Crippen molar-refractivity contribution in [2.75, 3.05) is 11.9 Å². The van der Waals surface area contributed by atoms with Gasteiger partial charge in [-0.05, 0) is 50.9 Å². The summed E-state index contributed by atoms with van der Waals surface area (Å²) in [5.74, 6) is 1.03. The minimum Gasteiger partial charge on any atom is -0.316 e. The molecular formula is C14H22BrNO. The summed E-state index contributed by atoms with van der Waals surface area (Å²) < 4.78 is 0. The topological polar surface area (TPSA) is 20.3 Å². The smallest absolute Gasteiger partial charge is 0.226 e. The monoisotopic (exact) mass is 299 g/mol. The second-order valence-electron chi connectivity index (χ2n) is 5.09. The lowest BCUT2D eigenvalue weighted by Gasteiger charge is -2.38. The van der Waals surface area contributed by atoms with Crippen LogP contribution in [0.5, 0.6) is 0 Å². The minimum absolute atomic E-state index is 0.351. The molecule has 0 saturated carbocycles. The number of nitrogens with zero attached hydrogens (tertiary/aromatic N) is 1. The highest BCUT2D eigenvalue weighted by molar-refractivity contribution is 9.09. The molecule has 1 atom stereocenters. The Morgan fingerprint density at radius 1 is 1.35 bits per heavy atom. The molecule has 0 aromatic heterocycles. The van der Waals surface area contributed by atoms with Crippen LogP contribution >= 0.6 is 15.9 Å². The predicted molar refractivity (Wildman–Crippen MR) is 74.0 cm³/mol. The van der Waals surface area contributed by atoms with E-state index in [9.17, 15) is 4.79 Å². The highest BCUT2D eigenvalue weighted by Gasteiger charge is 2.29. The van der Waals surface area contributed by atoms with Gasteiger partial charge in [-0.25, -0.2) is 0 Å². The van der Waals surface area contributed by atoms with Crippen LogP contribution in [0.15, 0.2) is 11.8 Å². The van der Waals surface area contributed by atoms with Crippen LogP contribution in [0.4, 0.5) is 0 Å². The molecule has 1 heterocycles. The van der Waals surface area contributed by atoms with Crippen LogP contribution in [0.2, 0.25) is 0 Å². The molecule has 17 heavy (non-hydrogen) atoms. The molecule has 2 nitrogen and oxygen atoms in total. The Balaban J connectivity index is 1.94. The highest BCUT2D eigenvalue weighted by atomic mass is 79.9. The first-order valence-corrected chi connectivity index (χ1v) is 8.01. The number of carbonyl (C=O) groups excluding carboxylic acids is 1. The first-order valence-electron chi connectivity index (χ1n) is 6.89. The van der Waals surface area contributed by atoms with Crippen LogP contribution < -0.4 is 0 Å². The second-order valence-corrected chi connectivity index (χ2v) is 5.88. The van der Waals surface area contributed by atoms with Crippen molar-refractivity contribution in [3.63, 3.8) is 0 Å². The molecule has 2 rings (SSSR count). The Labute approximate surface area is 113 Å². The number of alkyl halides is 1. The fourth-order valence-corrected chi connectivity index (χ4v) is 3.35. The van der Waals surface area contributed by atoms with Crippen LogP contribution in [-0.2, 0) is 4.79 Å². The van der Waals surface area contributed by atoms with E-state index < -0.39 is 0 Å². The van der Waals surface area contributed by atoms with Gasteiger partial charge in [-0.15, -0.1) is 0 Å². The van der Waals surface area contributed by atoms with Crippen molar-refractivity contribution in [1.29, 1.82) is 0 Å². The van der Waals surface area contributed by atoms with Gasteiger partial charge < -0.3 is 4.90 Å². The Hall–Kier alpha value is -0.310. The Bertz CT molecular complexity index is 301. The van der Waals surface area contributed by atoms with Crippen LogP contribution in [0.25, 0.3) is 0 Å². The maximum absolute atomic E-state index is 12.2. The van der Waals surface area contributed by atoms with E-state index in [1.165, 1.54) is 31.4 Å². The fraction of sp³-hybridized carbons (Fsp3) is 0.786. The van der Waals surface area contributed by atoms with Crippen LogP contribution in [0.1, 0.15) is 51.4 Å². The lowest BCUT2D eigenvalue weighted by atomic mass is 9.85. The molecule has 1 fully saturated rings. The number of fused-ring (bicyclic) bond motifs is 1. The molecule has 0 bridgehead atoms. The lowest BCUT2D eigenvalue weighted by molar-refractivity contribution is -0.130. The third kappa shape index (κ3) is 3.34. The van der Waals surface area contributed by atoms with Gasteiger partial charge in [0.1, 0.15) is 0 Å². The van der Waals surface area contributed by atoms with Crippen molar-refractivity contribution in [3.8, 4) is 0 Å². The number of hydrogen-bond donors (Lipinski definition) is 0. The van der Waals surface area contributed by atoms with Gasteiger partial charge in [-0.2, -0.15) is 0 Å². The van der Waals surface area contributed by atoms with E-state index >= 15 is 0 Å². The number of hydrogen-bond acceptors (Lipinski definition) is 1. The number of likely N-dealkylation sites (tertiary alicyclic amines) is 1. The van der Waals surface area contributed by atoms with E-state index in [1.807, 2.05) is 0 Å². The fourth-order valence-electron chi connectivity index (χ4n) is 2.95. The molecule has 2 aliphatic rings. The van der Waals surface area contributed by atoms with Crippen molar-refractivity contribution in [2.24, 2.45) is 5.92 Å². The number of rotatable bonds is 4. The van der Waals surface area contributed by atoms with Crippen LogP contribution in [0.3, 0.4) is 0 Å². The van der Waals surface area contributed by atoms with Crippen molar-refractivity contribution in [1.82, 2.24) is 4.90 Å². The summed E-state index contributed by atoms with van der Waals surface area (Å²) in [5.41, 5.74) is 1.35. The molecular weight excluding hydrogens is 278 g/mol. The Morgan fingerprint density at radius 3 is 3.00 bits per heavy atom. The van der Waals surface area contributed by atoms with Gasteiger partial charge in [0.05, 0.1) is 0 Å². The maximum atomic E-state index is 12.2. The SMILES string of the molecule is O=C(CCCCBr)N1CCCC2CCCC=C21. The normalized spacial score (nSPS) is 24.2. The zero-order chi connectivity index (χ0) is 12.1. The third-order valence-electron chi connectivity index (χ3n) is 3.85. The number of carbonyl (C=O) groups is 1. The molecule has 96 valence electrons. The number of amides is 1. The van der Waals surface area contributed by atoms with Gasteiger partial charge >= 0.3 is 0 Å². The molecule has 0 spiro atoms. The van der Waals surface area contributed by atoms with E-state index in [1.54, 1.807) is 0 Å². The molecule has 1 saturated heterocycles. The summed E-state index contributed by atoms with van der Waals surface area (Å²) in [6.45, 7) is 0.954. The van der Waals surface area contributed by atoms with E-state index in [0.29, 0.717) is 11.8 Å². The second kappa shape index (κ2) is 6.58. The lowest BCUT2D eigenvalue weighted by Crippen LogP contribution is -2.38. The van der Waals surface area contributed by atoms with Gasteiger partial charge in [-0.3, -0.25) is 4.79 Å². The molecule has 0 aromatic carbocycles. The van der Waals surface area contributed by atoms with Gasteiger partial charge in [0, 0.05) is 24.0 Å². The molecule has 1 aliphatic carbocycles. The molecule has 3 heteroatoms.